The topological polar surface area (TPSA) is 70.7 Å². The van der Waals surface area contributed by atoms with Gasteiger partial charge in [0.15, 0.2) is 0 Å². The Hall–Kier alpha value is -2.32. The molecule has 0 fully saturated rings. The third kappa shape index (κ3) is 2.98. The number of nitrogens with one attached hydrogen (secondary N) is 1. The first kappa shape index (κ1) is 14.1. The molecule has 1 aromatic carbocycles. The number of amides is 1. The Balaban J connectivity index is 2.20. The van der Waals surface area contributed by atoms with Gasteiger partial charge in [-0.25, -0.2) is 0 Å². The number of anilines is 1. The van der Waals surface area contributed by atoms with E-state index in [9.17, 15) is 4.79 Å². The predicted molar refractivity (Wildman–Crippen MR) is 76.4 cm³/mol. The fourth-order valence-electron chi connectivity index (χ4n) is 1.88. The first-order valence-corrected chi connectivity index (χ1v) is 6.53. The minimum Gasteiger partial charge on any atom is -0.323 e. The standard InChI is InChI=1S/C14H13ClN4O/c1-2-13(19-9-11(15)8-17-19)14(20)18-12-6-4-3-5-10(12)7-16/h3-6,8-9,13H,2H2,1H3,(H,18,20). The number of carbonyl (C=O) groups is 1. The molecule has 1 unspecified atom stereocenters. The molecule has 0 radical (unpaired) electrons. The number of carbonyl (C=O) groups excluding carboxylic acids is 1. The fraction of sp³-hybridized carbons (Fsp3) is 0.214. The van der Waals surface area contributed by atoms with E-state index >= 15 is 0 Å². The Morgan fingerprint density at radius 3 is 2.90 bits per heavy atom. The third-order valence-corrected chi connectivity index (χ3v) is 3.08. The fourth-order valence-corrected chi connectivity index (χ4v) is 2.03. The molecule has 1 heterocycles. The average Bonchev–Trinajstić information content (AvgIpc) is 2.86. The number of rotatable bonds is 4. The molecular formula is C14H13ClN4O. The first-order valence-electron chi connectivity index (χ1n) is 6.15. The number of nitriles is 1. The van der Waals surface area contributed by atoms with Gasteiger partial charge >= 0.3 is 0 Å². The zero-order chi connectivity index (χ0) is 14.5. The molecule has 6 heteroatoms. The molecule has 0 saturated heterocycles. The van der Waals surface area contributed by atoms with Crippen LogP contribution in [0.25, 0.3) is 0 Å². The molecule has 20 heavy (non-hydrogen) atoms. The van der Waals surface area contributed by atoms with Crippen molar-refractivity contribution in [1.29, 1.82) is 5.26 Å². The summed E-state index contributed by atoms with van der Waals surface area (Å²) in [6, 6.07) is 8.44. The number of hydrogen-bond donors (Lipinski definition) is 1. The Bertz CT molecular complexity index is 659. The molecule has 0 aliphatic heterocycles. The van der Waals surface area contributed by atoms with E-state index in [4.69, 9.17) is 16.9 Å². The molecule has 0 aliphatic carbocycles. The van der Waals surface area contributed by atoms with E-state index < -0.39 is 6.04 Å². The van der Waals surface area contributed by atoms with Crippen LogP contribution in [0, 0.1) is 11.3 Å². The number of aromatic nitrogens is 2. The molecule has 0 saturated carbocycles. The van der Waals surface area contributed by atoms with Crippen molar-refractivity contribution >= 4 is 23.2 Å². The first-order chi connectivity index (χ1) is 9.65. The molecule has 2 aromatic rings. The lowest BCUT2D eigenvalue weighted by atomic mass is 10.1. The van der Waals surface area contributed by atoms with Crippen molar-refractivity contribution in [1.82, 2.24) is 9.78 Å². The van der Waals surface area contributed by atoms with Gasteiger partial charge in [0, 0.05) is 6.20 Å². The van der Waals surface area contributed by atoms with Crippen LogP contribution in [0.15, 0.2) is 36.7 Å². The molecule has 1 amide bonds. The van der Waals surface area contributed by atoms with Crippen LogP contribution in [-0.2, 0) is 4.79 Å². The van der Waals surface area contributed by atoms with Crippen LogP contribution in [0.1, 0.15) is 24.9 Å². The number of halogens is 1. The molecular weight excluding hydrogens is 276 g/mol. The summed E-state index contributed by atoms with van der Waals surface area (Å²) in [6.45, 7) is 1.88. The molecule has 1 aromatic heterocycles. The van der Waals surface area contributed by atoms with E-state index in [-0.39, 0.29) is 5.91 Å². The Kier molecular flexibility index (Phi) is 4.38. The normalized spacial score (nSPS) is 11.7. The maximum atomic E-state index is 12.3. The minimum atomic E-state index is -0.464. The molecule has 0 bridgehead atoms. The maximum absolute atomic E-state index is 12.3. The zero-order valence-electron chi connectivity index (χ0n) is 10.9. The highest BCUT2D eigenvalue weighted by Gasteiger charge is 2.20. The van der Waals surface area contributed by atoms with Crippen molar-refractivity contribution in [2.45, 2.75) is 19.4 Å². The SMILES string of the molecule is CCC(C(=O)Nc1ccccc1C#N)n1cc(Cl)cn1. The van der Waals surface area contributed by atoms with Crippen molar-refractivity contribution in [2.24, 2.45) is 0 Å². The molecule has 0 spiro atoms. The number of nitrogens with zero attached hydrogens (tertiary/aromatic N) is 3. The van der Waals surface area contributed by atoms with Crippen LogP contribution in [0.3, 0.4) is 0 Å². The van der Waals surface area contributed by atoms with Gasteiger partial charge in [-0.15, -0.1) is 0 Å². The van der Waals surface area contributed by atoms with Gasteiger partial charge in [0.1, 0.15) is 12.1 Å². The maximum Gasteiger partial charge on any atom is 0.249 e. The lowest BCUT2D eigenvalue weighted by Gasteiger charge is -2.16. The van der Waals surface area contributed by atoms with Gasteiger partial charge in [-0.05, 0) is 18.6 Å². The monoisotopic (exact) mass is 288 g/mol. The lowest BCUT2D eigenvalue weighted by molar-refractivity contribution is -0.119. The highest BCUT2D eigenvalue weighted by molar-refractivity contribution is 6.30. The number of para-hydroxylation sites is 1. The van der Waals surface area contributed by atoms with Crippen molar-refractivity contribution < 1.29 is 4.79 Å². The smallest absolute Gasteiger partial charge is 0.249 e. The molecule has 0 aliphatic rings. The van der Waals surface area contributed by atoms with Crippen LogP contribution in [0.4, 0.5) is 5.69 Å². The van der Waals surface area contributed by atoms with E-state index in [2.05, 4.69) is 10.4 Å². The lowest BCUT2D eigenvalue weighted by Crippen LogP contribution is -2.26. The van der Waals surface area contributed by atoms with Crippen LogP contribution in [0.2, 0.25) is 5.02 Å². The summed E-state index contributed by atoms with van der Waals surface area (Å²) in [5, 5.41) is 16.3. The van der Waals surface area contributed by atoms with E-state index in [0.29, 0.717) is 22.7 Å². The summed E-state index contributed by atoms with van der Waals surface area (Å²) in [6.07, 6.45) is 3.66. The quantitative estimate of drug-likeness (QED) is 0.940. The van der Waals surface area contributed by atoms with Gasteiger partial charge in [-0.2, -0.15) is 10.4 Å². The summed E-state index contributed by atoms with van der Waals surface area (Å²) in [7, 11) is 0. The number of benzene rings is 1. The van der Waals surface area contributed by atoms with E-state index in [1.54, 1.807) is 30.5 Å². The van der Waals surface area contributed by atoms with Gasteiger partial charge in [0.05, 0.1) is 22.5 Å². The minimum absolute atomic E-state index is 0.227. The molecule has 5 nitrogen and oxygen atoms in total. The van der Waals surface area contributed by atoms with Crippen LogP contribution >= 0.6 is 11.6 Å². The second kappa shape index (κ2) is 6.22. The van der Waals surface area contributed by atoms with Gasteiger partial charge in [-0.3, -0.25) is 9.48 Å². The largest absolute Gasteiger partial charge is 0.323 e. The summed E-state index contributed by atoms with van der Waals surface area (Å²) < 4.78 is 1.52. The zero-order valence-corrected chi connectivity index (χ0v) is 11.6. The van der Waals surface area contributed by atoms with E-state index in [1.807, 2.05) is 13.0 Å². The van der Waals surface area contributed by atoms with E-state index in [0.717, 1.165) is 0 Å². The van der Waals surface area contributed by atoms with Gasteiger partial charge in [-0.1, -0.05) is 30.7 Å². The van der Waals surface area contributed by atoms with Crippen LogP contribution in [-0.4, -0.2) is 15.7 Å². The molecule has 2 rings (SSSR count). The highest BCUT2D eigenvalue weighted by Crippen LogP contribution is 2.19. The van der Waals surface area contributed by atoms with E-state index in [1.165, 1.54) is 10.9 Å². The molecule has 1 atom stereocenters. The Labute approximate surface area is 121 Å². The van der Waals surface area contributed by atoms with Gasteiger partial charge in [0.2, 0.25) is 5.91 Å². The van der Waals surface area contributed by atoms with Crippen molar-refractivity contribution in [2.75, 3.05) is 5.32 Å². The summed E-state index contributed by atoms with van der Waals surface area (Å²) >= 11 is 5.82. The van der Waals surface area contributed by atoms with Gasteiger partial charge < -0.3 is 5.32 Å². The molecule has 102 valence electrons. The Morgan fingerprint density at radius 2 is 2.30 bits per heavy atom. The second-order valence-corrected chi connectivity index (χ2v) is 4.65. The van der Waals surface area contributed by atoms with Crippen molar-refractivity contribution in [3.8, 4) is 6.07 Å². The van der Waals surface area contributed by atoms with Crippen molar-refractivity contribution in [3.63, 3.8) is 0 Å². The average molecular weight is 289 g/mol. The van der Waals surface area contributed by atoms with Crippen molar-refractivity contribution in [3.05, 3.63) is 47.2 Å². The second-order valence-electron chi connectivity index (χ2n) is 4.21. The predicted octanol–water partition coefficient (Wildman–Crippen LogP) is 3.00. The summed E-state index contributed by atoms with van der Waals surface area (Å²) in [5.74, 6) is -0.227. The molecule has 1 N–H and O–H groups in total. The van der Waals surface area contributed by atoms with Crippen LogP contribution in [0.5, 0.6) is 0 Å². The Morgan fingerprint density at radius 1 is 1.55 bits per heavy atom. The third-order valence-electron chi connectivity index (χ3n) is 2.88. The highest BCUT2D eigenvalue weighted by atomic mass is 35.5. The van der Waals surface area contributed by atoms with Gasteiger partial charge in [0.25, 0.3) is 0 Å². The van der Waals surface area contributed by atoms with Crippen LogP contribution < -0.4 is 5.32 Å². The summed E-state index contributed by atoms with van der Waals surface area (Å²) in [5.41, 5.74) is 0.922. The summed E-state index contributed by atoms with van der Waals surface area (Å²) in [4.78, 5) is 12.3. The number of hydrogen-bond acceptors (Lipinski definition) is 3.